The molecule has 0 aliphatic rings. The fraction of sp³-hybridized carbons (Fsp3) is 0.0526. The summed E-state index contributed by atoms with van der Waals surface area (Å²) in [5.74, 6) is -3.31. The number of halogens is 2. The van der Waals surface area contributed by atoms with Gasteiger partial charge in [-0.15, -0.1) is 0 Å². The van der Waals surface area contributed by atoms with E-state index in [9.17, 15) is 23.2 Å². The predicted octanol–water partition coefficient (Wildman–Crippen LogP) is 1.89. The fourth-order valence-electron chi connectivity index (χ4n) is 2.46. The second kappa shape index (κ2) is 7.78. The van der Waals surface area contributed by atoms with Crippen molar-refractivity contribution in [2.75, 3.05) is 0 Å². The van der Waals surface area contributed by atoms with Crippen molar-refractivity contribution >= 4 is 11.8 Å². The van der Waals surface area contributed by atoms with Crippen LogP contribution in [0.2, 0.25) is 0 Å². The number of nitrogens with one attached hydrogen (secondary N) is 2. The molecule has 0 spiro atoms. The summed E-state index contributed by atoms with van der Waals surface area (Å²) >= 11 is 0. The van der Waals surface area contributed by atoms with Gasteiger partial charge in [-0.1, -0.05) is 24.3 Å². The third kappa shape index (κ3) is 3.78. The summed E-state index contributed by atoms with van der Waals surface area (Å²) in [6, 6.07) is 12.0. The number of hydrogen-bond acceptors (Lipinski definition) is 4. The van der Waals surface area contributed by atoms with E-state index < -0.39 is 34.6 Å². The summed E-state index contributed by atoms with van der Waals surface area (Å²) in [4.78, 5) is 36.3. The van der Waals surface area contributed by atoms with E-state index in [0.29, 0.717) is 5.69 Å². The normalized spacial score (nSPS) is 10.4. The molecule has 0 saturated heterocycles. The minimum absolute atomic E-state index is 0.0458. The molecule has 3 rings (SSSR count). The molecule has 7 nitrogen and oxygen atoms in total. The molecular weight excluding hydrogens is 370 g/mol. The number of amides is 2. The van der Waals surface area contributed by atoms with Gasteiger partial charge in [0.1, 0.15) is 17.3 Å². The van der Waals surface area contributed by atoms with Crippen LogP contribution in [0, 0.1) is 18.6 Å². The zero-order valence-electron chi connectivity index (χ0n) is 14.6. The SMILES string of the molecule is Cc1cc(=O)c(C(=O)NNC(=O)c2ccccc2F)nn1-c1ccccc1F. The Morgan fingerprint density at radius 3 is 2.21 bits per heavy atom. The van der Waals surface area contributed by atoms with E-state index in [1.54, 1.807) is 6.07 Å². The van der Waals surface area contributed by atoms with Gasteiger partial charge >= 0.3 is 0 Å². The van der Waals surface area contributed by atoms with Crippen LogP contribution in [0.3, 0.4) is 0 Å². The smallest absolute Gasteiger partial charge is 0.287 e. The number of aromatic nitrogens is 2. The average Bonchev–Trinajstić information content (AvgIpc) is 2.67. The standard InChI is InChI=1S/C19H14F2N4O3/c1-11-10-16(26)17(24-25(11)15-9-5-4-8-14(15)21)19(28)23-22-18(27)12-6-2-3-7-13(12)20/h2-10H,1H3,(H,22,27)(H,23,28). The first-order valence-corrected chi connectivity index (χ1v) is 8.09. The van der Waals surface area contributed by atoms with Gasteiger partial charge in [0.15, 0.2) is 5.69 Å². The maximum Gasteiger partial charge on any atom is 0.294 e. The Hall–Kier alpha value is -3.88. The van der Waals surface area contributed by atoms with E-state index in [0.717, 1.165) is 16.8 Å². The first-order valence-electron chi connectivity index (χ1n) is 8.09. The third-order valence-electron chi connectivity index (χ3n) is 3.81. The van der Waals surface area contributed by atoms with Crippen LogP contribution >= 0.6 is 0 Å². The van der Waals surface area contributed by atoms with Crippen LogP contribution < -0.4 is 16.3 Å². The molecule has 2 N–H and O–H groups in total. The second-order valence-electron chi connectivity index (χ2n) is 5.75. The number of hydrazine groups is 1. The van der Waals surface area contributed by atoms with Gasteiger partial charge in [-0.25, -0.2) is 13.5 Å². The Morgan fingerprint density at radius 1 is 0.929 bits per heavy atom. The lowest BCUT2D eigenvalue weighted by Gasteiger charge is -2.12. The molecule has 0 saturated carbocycles. The monoisotopic (exact) mass is 384 g/mol. The maximum atomic E-state index is 14.0. The van der Waals surface area contributed by atoms with E-state index in [1.165, 1.54) is 43.3 Å². The first kappa shape index (κ1) is 18.9. The van der Waals surface area contributed by atoms with Crippen molar-refractivity contribution in [2.45, 2.75) is 6.92 Å². The average molecular weight is 384 g/mol. The van der Waals surface area contributed by atoms with E-state index >= 15 is 0 Å². The second-order valence-corrected chi connectivity index (χ2v) is 5.75. The van der Waals surface area contributed by atoms with Crippen molar-refractivity contribution in [3.63, 3.8) is 0 Å². The molecule has 1 aromatic heterocycles. The van der Waals surface area contributed by atoms with E-state index in [2.05, 4.69) is 5.10 Å². The highest BCUT2D eigenvalue weighted by Gasteiger charge is 2.18. The van der Waals surface area contributed by atoms with Gasteiger partial charge in [0.25, 0.3) is 11.8 Å². The summed E-state index contributed by atoms with van der Waals surface area (Å²) in [6.07, 6.45) is 0. The fourth-order valence-corrected chi connectivity index (χ4v) is 2.46. The molecule has 2 aromatic carbocycles. The van der Waals surface area contributed by atoms with Crippen LogP contribution in [0.4, 0.5) is 8.78 Å². The molecule has 2 amide bonds. The maximum absolute atomic E-state index is 14.0. The van der Waals surface area contributed by atoms with Gasteiger partial charge in [0.05, 0.1) is 5.56 Å². The van der Waals surface area contributed by atoms with Crippen molar-refractivity contribution in [3.05, 3.63) is 93.4 Å². The zero-order chi connectivity index (χ0) is 20.3. The number of benzene rings is 2. The van der Waals surface area contributed by atoms with Crippen LogP contribution in [0.25, 0.3) is 5.69 Å². The van der Waals surface area contributed by atoms with Crippen molar-refractivity contribution in [3.8, 4) is 5.69 Å². The third-order valence-corrected chi connectivity index (χ3v) is 3.81. The Kier molecular flexibility index (Phi) is 5.25. The van der Waals surface area contributed by atoms with Crippen LogP contribution in [-0.4, -0.2) is 21.6 Å². The number of carbonyl (C=O) groups is 2. The van der Waals surface area contributed by atoms with Crippen LogP contribution in [-0.2, 0) is 0 Å². The number of rotatable bonds is 3. The van der Waals surface area contributed by atoms with Gasteiger partial charge in [0.2, 0.25) is 5.43 Å². The number of para-hydroxylation sites is 1. The highest BCUT2D eigenvalue weighted by molar-refractivity contribution is 5.98. The van der Waals surface area contributed by atoms with Crippen LogP contribution in [0.5, 0.6) is 0 Å². The van der Waals surface area contributed by atoms with Crippen molar-refractivity contribution in [2.24, 2.45) is 0 Å². The molecule has 0 radical (unpaired) electrons. The topological polar surface area (TPSA) is 93.1 Å². The van der Waals surface area contributed by atoms with Gasteiger partial charge in [-0.2, -0.15) is 5.10 Å². The van der Waals surface area contributed by atoms with Gasteiger partial charge in [0, 0.05) is 11.8 Å². The van der Waals surface area contributed by atoms with Gasteiger partial charge in [-0.3, -0.25) is 25.2 Å². The lowest BCUT2D eigenvalue weighted by molar-refractivity contribution is 0.0840. The Labute approximate surface area is 157 Å². The Morgan fingerprint density at radius 2 is 1.54 bits per heavy atom. The van der Waals surface area contributed by atoms with E-state index in [-0.39, 0.29) is 11.3 Å². The van der Waals surface area contributed by atoms with Gasteiger partial charge < -0.3 is 0 Å². The zero-order valence-corrected chi connectivity index (χ0v) is 14.6. The number of carbonyl (C=O) groups excluding carboxylic acids is 2. The summed E-state index contributed by atoms with van der Waals surface area (Å²) < 4.78 is 28.7. The van der Waals surface area contributed by atoms with E-state index in [4.69, 9.17) is 0 Å². The molecule has 0 atom stereocenters. The molecule has 142 valence electrons. The molecule has 0 fully saturated rings. The lowest BCUT2D eigenvalue weighted by Crippen LogP contribution is -2.44. The summed E-state index contributed by atoms with van der Waals surface area (Å²) in [5, 5.41) is 3.90. The molecule has 0 aliphatic heterocycles. The van der Waals surface area contributed by atoms with Crippen LogP contribution in [0.1, 0.15) is 26.5 Å². The van der Waals surface area contributed by atoms with Crippen molar-refractivity contribution in [1.29, 1.82) is 0 Å². The minimum Gasteiger partial charge on any atom is -0.287 e. The largest absolute Gasteiger partial charge is 0.294 e. The number of hydrogen-bond donors (Lipinski definition) is 2. The molecule has 0 bridgehead atoms. The highest BCUT2D eigenvalue weighted by Crippen LogP contribution is 2.13. The predicted molar refractivity (Wildman–Crippen MR) is 95.9 cm³/mol. The number of nitrogens with zero attached hydrogens (tertiary/aromatic N) is 2. The summed E-state index contributed by atoms with van der Waals surface area (Å²) in [5.41, 5.74) is 2.79. The lowest BCUT2D eigenvalue weighted by atomic mass is 10.2. The summed E-state index contributed by atoms with van der Waals surface area (Å²) in [6.45, 7) is 1.53. The quantitative estimate of drug-likeness (QED) is 0.675. The minimum atomic E-state index is -1.03. The molecule has 0 unspecified atom stereocenters. The number of aryl methyl sites for hydroxylation is 1. The van der Waals surface area contributed by atoms with Crippen molar-refractivity contribution < 1.29 is 18.4 Å². The molecular formula is C19H14F2N4O3. The molecule has 28 heavy (non-hydrogen) atoms. The Bertz CT molecular complexity index is 1130. The molecule has 1 heterocycles. The first-order chi connectivity index (χ1) is 13.4. The summed E-state index contributed by atoms with van der Waals surface area (Å²) in [7, 11) is 0. The highest BCUT2D eigenvalue weighted by atomic mass is 19.1. The van der Waals surface area contributed by atoms with E-state index in [1.807, 2.05) is 10.9 Å². The van der Waals surface area contributed by atoms with Gasteiger partial charge in [-0.05, 0) is 31.2 Å². The Balaban J connectivity index is 1.85. The molecule has 3 aromatic rings. The van der Waals surface area contributed by atoms with Crippen LogP contribution in [0.15, 0.2) is 59.4 Å². The molecule has 0 aliphatic carbocycles. The van der Waals surface area contributed by atoms with Crippen molar-refractivity contribution in [1.82, 2.24) is 20.6 Å². The molecule has 9 heteroatoms.